The molecule has 132 valence electrons. The minimum atomic E-state index is -4.17. The number of fused-ring (bicyclic) bond motifs is 1. The van der Waals surface area contributed by atoms with Crippen LogP contribution < -0.4 is 14.8 Å². The summed E-state index contributed by atoms with van der Waals surface area (Å²) in [6.45, 7) is 0.0290. The summed E-state index contributed by atoms with van der Waals surface area (Å²) in [4.78, 5) is 11.4. The second-order valence-electron chi connectivity index (χ2n) is 6.25. The van der Waals surface area contributed by atoms with Crippen molar-refractivity contribution in [3.8, 4) is 5.75 Å². The summed E-state index contributed by atoms with van der Waals surface area (Å²) in [7, 11) is -4.17. The van der Waals surface area contributed by atoms with Gasteiger partial charge in [0.2, 0.25) is 0 Å². The van der Waals surface area contributed by atoms with Gasteiger partial charge in [-0.05, 0) is 61.8 Å². The number of anilines is 1. The highest BCUT2D eigenvalue weighted by Gasteiger charge is 2.38. The molecule has 1 aliphatic heterocycles. The molecule has 9 heteroatoms. The molecular weight excluding hydrogens is 337 g/mol. The zero-order valence-corrected chi connectivity index (χ0v) is 13.9. The van der Waals surface area contributed by atoms with Crippen LogP contribution in [0.2, 0.25) is 0 Å². The van der Waals surface area contributed by atoms with Crippen molar-refractivity contribution in [2.75, 3.05) is 17.4 Å². The molecular formula is C15H20FN3O4S. The quantitative estimate of drug-likeness (QED) is 0.684. The number of hydrogen-bond donors (Lipinski definition) is 3. The molecule has 1 amide bonds. The standard InChI is InChI=1S/C15H20FN3O4S/c16-14-11-4-2-9(5-6-17)1-3-10(11)7-12(20)15(14)19-8-13(21)18-24(19,22)23/h7,9,20H,1-6,8,17H2,(H,18,21)/t9-/m1/s1. The largest absolute Gasteiger partial charge is 0.506 e. The molecule has 2 aliphatic rings. The second kappa shape index (κ2) is 6.21. The molecule has 0 spiro atoms. The van der Waals surface area contributed by atoms with E-state index in [4.69, 9.17) is 5.73 Å². The highest BCUT2D eigenvalue weighted by Crippen LogP contribution is 2.40. The zero-order chi connectivity index (χ0) is 17.5. The van der Waals surface area contributed by atoms with Crippen molar-refractivity contribution >= 4 is 21.8 Å². The van der Waals surface area contributed by atoms with Crippen LogP contribution in [0, 0.1) is 11.7 Å². The Labute approximate surface area is 139 Å². The van der Waals surface area contributed by atoms with Crippen LogP contribution in [-0.4, -0.2) is 32.5 Å². The number of phenols is 1. The summed E-state index contributed by atoms with van der Waals surface area (Å²) in [5.74, 6) is -1.61. The average molecular weight is 357 g/mol. The zero-order valence-electron chi connectivity index (χ0n) is 13.1. The molecule has 7 nitrogen and oxygen atoms in total. The molecule has 1 heterocycles. The predicted molar refractivity (Wildman–Crippen MR) is 86.3 cm³/mol. The molecule has 1 atom stereocenters. The van der Waals surface area contributed by atoms with Gasteiger partial charge in [-0.3, -0.25) is 4.79 Å². The minimum absolute atomic E-state index is 0.381. The van der Waals surface area contributed by atoms with E-state index in [0.717, 1.165) is 19.3 Å². The number of halogens is 1. The number of hydrogen-bond acceptors (Lipinski definition) is 5. The van der Waals surface area contributed by atoms with Gasteiger partial charge in [-0.25, -0.2) is 13.4 Å². The molecule has 1 fully saturated rings. The second-order valence-corrected chi connectivity index (χ2v) is 7.85. The number of nitrogens with two attached hydrogens (primary N) is 1. The molecule has 1 aromatic rings. The molecule has 1 aliphatic carbocycles. The highest BCUT2D eigenvalue weighted by atomic mass is 32.2. The first kappa shape index (κ1) is 17.0. The number of carbonyl (C=O) groups is 1. The first-order valence-corrected chi connectivity index (χ1v) is 9.34. The van der Waals surface area contributed by atoms with Crippen LogP contribution in [0.5, 0.6) is 5.75 Å². The predicted octanol–water partition coefficient (Wildman–Crippen LogP) is 0.556. The number of carbonyl (C=O) groups excluding carboxylic acids is 1. The van der Waals surface area contributed by atoms with Gasteiger partial charge in [0.25, 0.3) is 5.91 Å². The maximum Gasteiger partial charge on any atom is 0.326 e. The van der Waals surface area contributed by atoms with Crippen molar-refractivity contribution < 1.29 is 22.7 Å². The number of benzene rings is 1. The lowest BCUT2D eigenvalue weighted by atomic mass is 9.96. The lowest BCUT2D eigenvalue weighted by Crippen LogP contribution is -2.30. The molecule has 1 saturated heterocycles. The Morgan fingerprint density at radius 3 is 2.71 bits per heavy atom. The fraction of sp³-hybridized carbons (Fsp3) is 0.533. The van der Waals surface area contributed by atoms with Crippen molar-refractivity contribution in [3.63, 3.8) is 0 Å². The van der Waals surface area contributed by atoms with E-state index < -0.39 is 39.9 Å². The average Bonchev–Trinajstić information content (AvgIpc) is 2.66. The Morgan fingerprint density at radius 2 is 2.08 bits per heavy atom. The summed E-state index contributed by atoms with van der Waals surface area (Å²) < 4.78 is 41.3. The fourth-order valence-corrected chi connectivity index (χ4v) is 4.63. The van der Waals surface area contributed by atoms with Crippen LogP contribution in [-0.2, 0) is 27.8 Å². The third kappa shape index (κ3) is 2.93. The van der Waals surface area contributed by atoms with Gasteiger partial charge in [0.05, 0.1) is 0 Å². The fourth-order valence-electron chi connectivity index (χ4n) is 3.47. The molecule has 3 rings (SSSR count). The number of aromatic hydroxyl groups is 1. The maximum atomic E-state index is 15.0. The number of nitrogens with zero attached hydrogens (tertiary/aromatic N) is 1. The molecule has 0 aromatic heterocycles. The molecule has 24 heavy (non-hydrogen) atoms. The Bertz CT molecular complexity index is 781. The van der Waals surface area contributed by atoms with E-state index in [1.807, 2.05) is 0 Å². The smallest absolute Gasteiger partial charge is 0.326 e. The van der Waals surface area contributed by atoms with E-state index in [2.05, 4.69) is 0 Å². The number of phenolic OH excluding ortho intramolecular Hbond substituents is 1. The van der Waals surface area contributed by atoms with Crippen molar-refractivity contribution in [1.29, 1.82) is 0 Å². The third-order valence-electron chi connectivity index (χ3n) is 4.68. The number of nitrogens with one attached hydrogen (secondary N) is 1. The van der Waals surface area contributed by atoms with E-state index in [9.17, 15) is 18.3 Å². The Kier molecular flexibility index (Phi) is 4.39. The Hall–Kier alpha value is -1.87. The minimum Gasteiger partial charge on any atom is -0.506 e. The lowest BCUT2D eigenvalue weighted by molar-refractivity contribution is -0.117. The molecule has 4 N–H and O–H groups in total. The van der Waals surface area contributed by atoms with Gasteiger partial charge in [-0.2, -0.15) is 8.42 Å². The van der Waals surface area contributed by atoms with Crippen molar-refractivity contribution in [2.45, 2.75) is 32.1 Å². The normalized spacial score (nSPS) is 22.8. The highest BCUT2D eigenvalue weighted by molar-refractivity contribution is 7.92. The molecule has 0 saturated carbocycles. The number of aryl methyl sites for hydroxylation is 1. The van der Waals surface area contributed by atoms with E-state index in [1.165, 1.54) is 6.07 Å². The molecule has 1 aromatic carbocycles. The van der Waals surface area contributed by atoms with E-state index >= 15 is 4.39 Å². The number of rotatable bonds is 3. The summed E-state index contributed by atoms with van der Waals surface area (Å²) >= 11 is 0. The summed E-state index contributed by atoms with van der Waals surface area (Å²) in [6.07, 6.45) is 3.52. The summed E-state index contributed by atoms with van der Waals surface area (Å²) in [6, 6.07) is 1.41. The van der Waals surface area contributed by atoms with Crippen molar-refractivity contribution in [1.82, 2.24) is 4.72 Å². The van der Waals surface area contributed by atoms with Crippen LogP contribution in [0.1, 0.15) is 30.4 Å². The van der Waals surface area contributed by atoms with Crippen LogP contribution in [0.3, 0.4) is 0 Å². The van der Waals surface area contributed by atoms with Crippen LogP contribution >= 0.6 is 0 Å². The number of amides is 1. The van der Waals surface area contributed by atoms with Gasteiger partial charge in [0.1, 0.15) is 18.0 Å². The Balaban J connectivity index is 2.02. The third-order valence-corrected chi connectivity index (χ3v) is 6.06. The van der Waals surface area contributed by atoms with Crippen LogP contribution in [0.15, 0.2) is 6.07 Å². The van der Waals surface area contributed by atoms with E-state index in [-0.39, 0.29) is 0 Å². The summed E-state index contributed by atoms with van der Waals surface area (Å²) in [5, 5.41) is 10.2. The first-order valence-electron chi connectivity index (χ1n) is 7.90. The Morgan fingerprint density at radius 1 is 1.38 bits per heavy atom. The summed E-state index contributed by atoms with van der Waals surface area (Å²) in [5.41, 5.74) is 6.24. The lowest BCUT2D eigenvalue weighted by Gasteiger charge is -2.20. The maximum absolute atomic E-state index is 15.0. The van der Waals surface area contributed by atoms with Gasteiger partial charge in [0.15, 0.2) is 5.82 Å². The first-order chi connectivity index (χ1) is 11.3. The topological polar surface area (TPSA) is 113 Å². The van der Waals surface area contributed by atoms with Gasteiger partial charge >= 0.3 is 10.2 Å². The van der Waals surface area contributed by atoms with Gasteiger partial charge in [-0.15, -0.1) is 0 Å². The van der Waals surface area contributed by atoms with E-state index in [0.29, 0.717) is 40.7 Å². The molecule has 0 radical (unpaired) electrons. The molecule has 0 unspecified atom stereocenters. The molecule has 0 bridgehead atoms. The monoisotopic (exact) mass is 357 g/mol. The van der Waals surface area contributed by atoms with Gasteiger partial charge < -0.3 is 10.8 Å². The van der Waals surface area contributed by atoms with Gasteiger partial charge in [0, 0.05) is 0 Å². The van der Waals surface area contributed by atoms with Crippen LogP contribution in [0.25, 0.3) is 0 Å². The van der Waals surface area contributed by atoms with Crippen molar-refractivity contribution in [3.05, 3.63) is 23.0 Å². The van der Waals surface area contributed by atoms with Crippen LogP contribution in [0.4, 0.5) is 10.1 Å². The SMILES string of the molecule is NCC[C@@H]1CCc2cc(O)c(N3CC(=O)NS3(=O)=O)c(F)c2CC1. The van der Waals surface area contributed by atoms with Crippen molar-refractivity contribution in [2.24, 2.45) is 11.7 Å². The van der Waals surface area contributed by atoms with Gasteiger partial charge in [-0.1, -0.05) is 0 Å². The van der Waals surface area contributed by atoms with E-state index in [1.54, 1.807) is 4.72 Å².